The third kappa shape index (κ3) is 3.26. The first-order valence-corrected chi connectivity index (χ1v) is 9.50. The molecule has 1 aromatic heterocycles. The van der Waals surface area contributed by atoms with E-state index in [0.29, 0.717) is 18.6 Å². The van der Waals surface area contributed by atoms with Gasteiger partial charge in [-0.05, 0) is 44.4 Å². The molecule has 0 spiro atoms. The number of aromatic nitrogens is 1. The summed E-state index contributed by atoms with van der Waals surface area (Å²) in [5.41, 5.74) is 1.08. The van der Waals surface area contributed by atoms with Gasteiger partial charge in [0.1, 0.15) is 5.01 Å². The fourth-order valence-corrected chi connectivity index (χ4v) is 4.99. The Morgan fingerprint density at radius 1 is 1.22 bits per heavy atom. The summed E-state index contributed by atoms with van der Waals surface area (Å²) >= 11 is 1.77. The molecule has 1 saturated carbocycles. The molecule has 1 saturated heterocycles. The second-order valence-corrected chi connectivity index (χ2v) is 7.76. The number of rotatable bonds is 4. The maximum absolute atomic E-state index is 12.3. The Morgan fingerprint density at radius 2 is 2.04 bits per heavy atom. The fraction of sp³-hybridized carbons (Fsp3) is 0.556. The van der Waals surface area contributed by atoms with Gasteiger partial charge in [0.25, 0.3) is 0 Å². The van der Waals surface area contributed by atoms with E-state index in [4.69, 9.17) is 4.98 Å². The van der Waals surface area contributed by atoms with Crippen LogP contribution < -0.4 is 5.32 Å². The van der Waals surface area contributed by atoms with Crippen molar-refractivity contribution in [1.82, 2.24) is 15.2 Å². The van der Waals surface area contributed by atoms with Gasteiger partial charge in [-0.2, -0.15) is 0 Å². The zero-order valence-corrected chi connectivity index (χ0v) is 14.1. The number of fused-ring (bicyclic) bond motifs is 1. The fourth-order valence-electron chi connectivity index (χ4n) is 3.86. The highest BCUT2D eigenvalue weighted by molar-refractivity contribution is 7.18. The molecule has 1 aliphatic carbocycles. The van der Waals surface area contributed by atoms with E-state index in [-0.39, 0.29) is 5.91 Å². The molecule has 4 rings (SSSR count). The van der Waals surface area contributed by atoms with Gasteiger partial charge in [-0.15, -0.1) is 11.3 Å². The summed E-state index contributed by atoms with van der Waals surface area (Å²) in [5, 5.41) is 4.37. The lowest BCUT2D eigenvalue weighted by Crippen LogP contribution is -2.40. The van der Waals surface area contributed by atoms with Gasteiger partial charge in [-0.1, -0.05) is 25.0 Å². The maximum atomic E-state index is 12.3. The number of carbonyl (C=O) groups excluding carboxylic acids is 1. The number of hydrogen-bond acceptors (Lipinski definition) is 4. The smallest absolute Gasteiger partial charge is 0.234 e. The van der Waals surface area contributed by atoms with Crippen molar-refractivity contribution in [2.45, 2.75) is 50.6 Å². The lowest BCUT2D eigenvalue weighted by atomic mass is 10.2. The predicted molar refractivity (Wildman–Crippen MR) is 93.6 cm³/mol. The first kappa shape index (κ1) is 15.1. The monoisotopic (exact) mass is 329 g/mol. The number of nitrogens with zero attached hydrogens (tertiary/aromatic N) is 2. The standard InChI is InChI=1S/C18H23N3OS/c22-17(19-13-6-1-2-7-13)12-21-11-5-9-15(21)18-20-14-8-3-4-10-16(14)23-18/h3-4,8,10,13,15H,1-2,5-7,9,11-12H2,(H,19,22). The van der Waals surface area contributed by atoms with Gasteiger partial charge in [-0.3, -0.25) is 9.69 Å². The van der Waals surface area contributed by atoms with E-state index in [1.165, 1.54) is 17.5 Å². The number of nitrogens with one attached hydrogen (secondary N) is 1. The first-order valence-electron chi connectivity index (χ1n) is 8.68. The number of carbonyl (C=O) groups is 1. The minimum absolute atomic E-state index is 0.185. The SMILES string of the molecule is O=C(CN1CCCC1c1nc2ccccc2s1)NC1CCCC1. The highest BCUT2D eigenvalue weighted by Crippen LogP contribution is 2.36. The maximum Gasteiger partial charge on any atom is 0.234 e. The Hall–Kier alpha value is -1.46. The van der Waals surface area contributed by atoms with E-state index in [0.717, 1.165) is 42.8 Å². The lowest BCUT2D eigenvalue weighted by Gasteiger charge is -2.23. The normalized spacial score (nSPS) is 22.9. The molecule has 5 heteroatoms. The van der Waals surface area contributed by atoms with Crippen LogP contribution in [0.3, 0.4) is 0 Å². The lowest BCUT2D eigenvalue weighted by molar-refractivity contribution is -0.123. The Balaban J connectivity index is 1.44. The summed E-state index contributed by atoms with van der Waals surface area (Å²) in [7, 11) is 0. The number of amides is 1. The van der Waals surface area contributed by atoms with E-state index in [1.54, 1.807) is 11.3 Å². The number of likely N-dealkylation sites (tertiary alicyclic amines) is 1. The third-order valence-electron chi connectivity index (χ3n) is 5.03. The average Bonchev–Trinajstić information content (AvgIpc) is 3.26. The summed E-state index contributed by atoms with van der Waals surface area (Å²) in [6.07, 6.45) is 7.06. The molecule has 0 bridgehead atoms. The van der Waals surface area contributed by atoms with Crippen molar-refractivity contribution < 1.29 is 4.79 Å². The van der Waals surface area contributed by atoms with Gasteiger partial charge in [-0.25, -0.2) is 4.98 Å². The molecule has 4 nitrogen and oxygen atoms in total. The van der Waals surface area contributed by atoms with Crippen molar-refractivity contribution >= 4 is 27.5 Å². The Morgan fingerprint density at radius 3 is 2.87 bits per heavy atom. The van der Waals surface area contributed by atoms with E-state index in [1.807, 2.05) is 6.07 Å². The largest absolute Gasteiger partial charge is 0.352 e. The van der Waals surface area contributed by atoms with Gasteiger partial charge in [0, 0.05) is 6.04 Å². The highest BCUT2D eigenvalue weighted by atomic mass is 32.1. The first-order chi connectivity index (χ1) is 11.3. The predicted octanol–water partition coefficient (Wildman–Crippen LogP) is 3.49. The third-order valence-corrected chi connectivity index (χ3v) is 6.16. The van der Waals surface area contributed by atoms with Crippen molar-refractivity contribution in [2.24, 2.45) is 0 Å². The Kier molecular flexibility index (Phi) is 4.31. The minimum Gasteiger partial charge on any atom is -0.352 e. The minimum atomic E-state index is 0.185. The van der Waals surface area contributed by atoms with Crippen molar-refractivity contribution in [2.75, 3.05) is 13.1 Å². The molecular weight excluding hydrogens is 306 g/mol. The van der Waals surface area contributed by atoms with Gasteiger partial charge < -0.3 is 5.32 Å². The van der Waals surface area contributed by atoms with E-state index >= 15 is 0 Å². The number of hydrogen-bond donors (Lipinski definition) is 1. The average molecular weight is 329 g/mol. The molecule has 1 aliphatic heterocycles. The van der Waals surface area contributed by atoms with Crippen LogP contribution in [0.5, 0.6) is 0 Å². The molecule has 1 atom stereocenters. The number of benzene rings is 1. The summed E-state index contributed by atoms with van der Waals surface area (Å²) < 4.78 is 1.24. The van der Waals surface area contributed by atoms with Gasteiger partial charge in [0.15, 0.2) is 0 Å². The molecule has 2 fully saturated rings. The molecule has 1 N–H and O–H groups in total. The molecular formula is C18H23N3OS. The molecule has 1 aromatic carbocycles. The molecule has 1 unspecified atom stereocenters. The zero-order chi connectivity index (χ0) is 15.6. The van der Waals surface area contributed by atoms with E-state index < -0.39 is 0 Å². The number of thiazole rings is 1. The Labute approximate surface area is 140 Å². The summed E-state index contributed by atoms with van der Waals surface area (Å²) in [6, 6.07) is 9.01. The van der Waals surface area contributed by atoms with Crippen molar-refractivity contribution in [3.63, 3.8) is 0 Å². The van der Waals surface area contributed by atoms with Crippen molar-refractivity contribution in [1.29, 1.82) is 0 Å². The van der Waals surface area contributed by atoms with Crippen LogP contribution in [0.1, 0.15) is 49.6 Å². The summed E-state index contributed by atoms with van der Waals surface area (Å²) in [5.74, 6) is 0.185. The molecule has 1 amide bonds. The van der Waals surface area contributed by atoms with E-state index in [2.05, 4.69) is 28.4 Å². The quantitative estimate of drug-likeness (QED) is 0.934. The van der Waals surface area contributed by atoms with Crippen LogP contribution in [0.4, 0.5) is 0 Å². The number of para-hydroxylation sites is 1. The van der Waals surface area contributed by atoms with Crippen LogP contribution in [-0.4, -0.2) is 34.9 Å². The van der Waals surface area contributed by atoms with Gasteiger partial charge >= 0.3 is 0 Å². The molecule has 0 radical (unpaired) electrons. The topological polar surface area (TPSA) is 45.2 Å². The van der Waals surface area contributed by atoms with E-state index in [9.17, 15) is 4.79 Å². The molecule has 2 aromatic rings. The summed E-state index contributed by atoms with van der Waals surface area (Å²) in [6.45, 7) is 1.51. The molecule has 122 valence electrons. The molecule has 2 aliphatic rings. The van der Waals surface area contributed by atoms with Crippen LogP contribution in [0.15, 0.2) is 24.3 Å². The van der Waals surface area contributed by atoms with Crippen LogP contribution in [0, 0.1) is 0 Å². The molecule has 2 heterocycles. The van der Waals surface area contributed by atoms with Gasteiger partial charge in [0.2, 0.25) is 5.91 Å². The molecule has 23 heavy (non-hydrogen) atoms. The van der Waals surface area contributed by atoms with Crippen LogP contribution in [-0.2, 0) is 4.79 Å². The van der Waals surface area contributed by atoms with Gasteiger partial charge in [0.05, 0.1) is 22.8 Å². The van der Waals surface area contributed by atoms with Crippen LogP contribution in [0.25, 0.3) is 10.2 Å². The highest BCUT2D eigenvalue weighted by Gasteiger charge is 2.30. The van der Waals surface area contributed by atoms with Crippen LogP contribution in [0.2, 0.25) is 0 Å². The Bertz CT molecular complexity index is 659. The summed E-state index contributed by atoms with van der Waals surface area (Å²) in [4.78, 5) is 19.4. The second-order valence-electron chi connectivity index (χ2n) is 6.70. The zero-order valence-electron chi connectivity index (χ0n) is 13.3. The van der Waals surface area contributed by atoms with Crippen molar-refractivity contribution in [3.8, 4) is 0 Å². The second kappa shape index (κ2) is 6.57. The van der Waals surface area contributed by atoms with Crippen molar-refractivity contribution in [3.05, 3.63) is 29.3 Å². The van der Waals surface area contributed by atoms with Crippen LogP contribution >= 0.6 is 11.3 Å².